The van der Waals surface area contributed by atoms with Crippen molar-refractivity contribution in [3.8, 4) is 0 Å². The minimum Gasteiger partial charge on any atom is -0.465 e. The molecular formula is C16H10BrNO4. The largest absolute Gasteiger partial charge is 0.465 e. The molecule has 2 amide bonds. The van der Waals surface area contributed by atoms with Crippen LogP contribution in [0.3, 0.4) is 0 Å². The Morgan fingerprint density at radius 1 is 1.05 bits per heavy atom. The Balaban J connectivity index is 2.08. The van der Waals surface area contributed by atoms with Crippen LogP contribution in [0.2, 0.25) is 0 Å². The number of anilines is 1. The van der Waals surface area contributed by atoms with Gasteiger partial charge < -0.3 is 4.74 Å². The summed E-state index contributed by atoms with van der Waals surface area (Å²) in [4.78, 5) is 37.6. The first kappa shape index (κ1) is 14.5. The molecule has 0 bridgehead atoms. The van der Waals surface area contributed by atoms with Gasteiger partial charge in [0.15, 0.2) is 0 Å². The zero-order valence-corrected chi connectivity index (χ0v) is 13.1. The SMILES string of the molecule is COC(=O)c1cc(N2C(=O)c3ccccc3C2=O)ccc1Br. The van der Waals surface area contributed by atoms with E-state index in [1.807, 2.05) is 0 Å². The third-order valence-electron chi connectivity index (χ3n) is 3.41. The van der Waals surface area contributed by atoms with Crippen molar-refractivity contribution < 1.29 is 19.1 Å². The molecule has 2 aromatic rings. The number of nitrogens with zero attached hydrogens (tertiary/aromatic N) is 1. The second-order valence-corrected chi connectivity index (χ2v) is 5.50. The second-order valence-electron chi connectivity index (χ2n) is 4.65. The number of amides is 2. The molecule has 0 atom stereocenters. The molecule has 0 spiro atoms. The molecule has 0 aromatic heterocycles. The molecule has 0 fully saturated rings. The van der Waals surface area contributed by atoms with Gasteiger partial charge >= 0.3 is 5.97 Å². The summed E-state index contributed by atoms with van der Waals surface area (Å²) in [5, 5.41) is 0. The average Bonchev–Trinajstić information content (AvgIpc) is 2.79. The highest BCUT2D eigenvalue weighted by atomic mass is 79.9. The minimum atomic E-state index is -0.551. The van der Waals surface area contributed by atoms with Crippen LogP contribution in [0.4, 0.5) is 5.69 Å². The molecular weight excluding hydrogens is 350 g/mol. The van der Waals surface area contributed by atoms with Gasteiger partial charge in [0.1, 0.15) is 0 Å². The number of imide groups is 1. The van der Waals surface area contributed by atoms with Gasteiger partial charge in [0.2, 0.25) is 0 Å². The van der Waals surface area contributed by atoms with Crippen molar-refractivity contribution in [1.82, 2.24) is 0 Å². The maximum atomic E-state index is 12.4. The Morgan fingerprint density at radius 3 is 2.18 bits per heavy atom. The van der Waals surface area contributed by atoms with Gasteiger partial charge in [-0.1, -0.05) is 12.1 Å². The summed E-state index contributed by atoms with van der Waals surface area (Å²) < 4.78 is 5.22. The average molecular weight is 360 g/mol. The van der Waals surface area contributed by atoms with E-state index >= 15 is 0 Å². The van der Waals surface area contributed by atoms with E-state index in [9.17, 15) is 14.4 Å². The van der Waals surface area contributed by atoms with E-state index in [1.54, 1.807) is 36.4 Å². The van der Waals surface area contributed by atoms with E-state index in [-0.39, 0.29) is 5.56 Å². The first-order valence-corrected chi connectivity index (χ1v) is 7.19. The minimum absolute atomic E-state index is 0.247. The predicted octanol–water partition coefficient (Wildman–Crippen LogP) is 3.04. The number of fused-ring (bicyclic) bond motifs is 1. The van der Waals surface area contributed by atoms with Gasteiger partial charge in [-0.2, -0.15) is 0 Å². The summed E-state index contributed by atoms with van der Waals surface area (Å²) in [6.07, 6.45) is 0. The summed E-state index contributed by atoms with van der Waals surface area (Å²) in [5.41, 5.74) is 1.29. The van der Waals surface area contributed by atoms with Gasteiger partial charge in [0.25, 0.3) is 11.8 Å². The molecule has 110 valence electrons. The lowest BCUT2D eigenvalue weighted by Gasteiger charge is -2.15. The fourth-order valence-corrected chi connectivity index (χ4v) is 2.75. The van der Waals surface area contributed by atoms with Crippen molar-refractivity contribution in [2.45, 2.75) is 0 Å². The van der Waals surface area contributed by atoms with Crippen molar-refractivity contribution in [2.24, 2.45) is 0 Å². The summed E-state index contributed by atoms with van der Waals surface area (Å²) in [5.74, 6) is -1.36. The molecule has 1 aliphatic heterocycles. The number of carbonyl (C=O) groups excluding carboxylic acids is 3. The molecule has 0 saturated carbocycles. The number of hydrogen-bond donors (Lipinski definition) is 0. The van der Waals surface area contributed by atoms with Crippen molar-refractivity contribution in [2.75, 3.05) is 12.0 Å². The molecule has 1 aliphatic rings. The van der Waals surface area contributed by atoms with E-state index in [0.29, 0.717) is 21.3 Å². The van der Waals surface area contributed by atoms with Crippen molar-refractivity contribution in [1.29, 1.82) is 0 Å². The normalized spacial score (nSPS) is 13.3. The fourth-order valence-electron chi connectivity index (χ4n) is 2.34. The molecule has 6 heteroatoms. The zero-order chi connectivity index (χ0) is 15.9. The van der Waals surface area contributed by atoms with Crippen LogP contribution in [0.5, 0.6) is 0 Å². The van der Waals surface area contributed by atoms with E-state index in [2.05, 4.69) is 15.9 Å². The molecule has 2 aromatic carbocycles. The number of carbonyl (C=O) groups is 3. The number of hydrogen-bond acceptors (Lipinski definition) is 4. The monoisotopic (exact) mass is 359 g/mol. The van der Waals surface area contributed by atoms with Crippen LogP contribution >= 0.6 is 15.9 Å². The maximum Gasteiger partial charge on any atom is 0.339 e. The highest BCUT2D eigenvalue weighted by Crippen LogP contribution is 2.31. The molecule has 0 aliphatic carbocycles. The zero-order valence-electron chi connectivity index (χ0n) is 11.5. The number of ether oxygens (including phenoxy) is 1. The van der Waals surface area contributed by atoms with Crippen LogP contribution in [0.1, 0.15) is 31.1 Å². The second kappa shape index (κ2) is 5.38. The standard InChI is InChI=1S/C16H10BrNO4/c1-22-16(21)12-8-9(6-7-13(12)17)18-14(19)10-4-2-3-5-11(10)15(18)20/h2-8H,1H3. The highest BCUT2D eigenvalue weighted by molar-refractivity contribution is 9.10. The lowest BCUT2D eigenvalue weighted by molar-refractivity contribution is 0.0599. The molecule has 5 nitrogen and oxygen atoms in total. The summed E-state index contributed by atoms with van der Waals surface area (Å²) in [6, 6.07) is 11.3. The lowest BCUT2D eigenvalue weighted by atomic mass is 10.1. The van der Waals surface area contributed by atoms with Crippen LogP contribution in [0, 0.1) is 0 Å². The molecule has 1 heterocycles. The van der Waals surface area contributed by atoms with E-state index in [4.69, 9.17) is 4.74 Å². The Hall–Kier alpha value is -2.47. The van der Waals surface area contributed by atoms with Crippen LogP contribution in [0.25, 0.3) is 0 Å². The number of esters is 1. The predicted molar refractivity (Wildman–Crippen MR) is 83.1 cm³/mol. The van der Waals surface area contributed by atoms with Gasteiger partial charge in [0, 0.05) is 4.47 Å². The van der Waals surface area contributed by atoms with E-state index in [1.165, 1.54) is 13.2 Å². The van der Waals surface area contributed by atoms with Gasteiger partial charge in [-0.05, 0) is 46.3 Å². The molecule has 3 rings (SSSR count). The number of benzene rings is 2. The first-order chi connectivity index (χ1) is 10.5. The van der Waals surface area contributed by atoms with Crippen LogP contribution in [-0.2, 0) is 4.74 Å². The number of halogens is 1. The Morgan fingerprint density at radius 2 is 1.64 bits per heavy atom. The Bertz CT molecular complexity index is 781. The molecule has 0 radical (unpaired) electrons. The molecule has 0 unspecified atom stereocenters. The van der Waals surface area contributed by atoms with E-state index in [0.717, 1.165) is 4.90 Å². The Kier molecular flexibility index (Phi) is 3.54. The molecule has 22 heavy (non-hydrogen) atoms. The quantitative estimate of drug-likeness (QED) is 0.610. The number of methoxy groups -OCH3 is 1. The topological polar surface area (TPSA) is 63.7 Å². The van der Waals surface area contributed by atoms with Crippen molar-refractivity contribution >= 4 is 39.4 Å². The summed E-state index contributed by atoms with van der Waals surface area (Å²) in [7, 11) is 1.27. The highest BCUT2D eigenvalue weighted by Gasteiger charge is 2.36. The first-order valence-electron chi connectivity index (χ1n) is 6.40. The third kappa shape index (κ3) is 2.12. The van der Waals surface area contributed by atoms with Crippen LogP contribution in [0.15, 0.2) is 46.9 Å². The lowest BCUT2D eigenvalue weighted by Crippen LogP contribution is -2.29. The molecule has 0 saturated heterocycles. The molecule has 0 N–H and O–H groups in total. The van der Waals surface area contributed by atoms with Crippen LogP contribution < -0.4 is 4.90 Å². The summed E-state index contributed by atoms with van der Waals surface area (Å²) in [6.45, 7) is 0. The van der Waals surface area contributed by atoms with Crippen molar-refractivity contribution in [3.05, 3.63) is 63.6 Å². The van der Waals surface area contributed by atoms with Gasteiger partial charge in [0.05, 0.1) is 29.5 Å². The summed E-state index contributed by atoms with van der Waals surface area (Å²) >= 11 is 3.25. The number of rotatable bonds is 2. The fraction of sp³-hybridized carbons (Fsp3) is 0.0625. The Labute approximate surface area is 134 Å². The van der Waals surface area contributed by atoms with Gasteiger partial charge in [-0.15, -0.1) is 0 Å². The maximum absolute atomic E-state index is 12.4. The van der Waals surface area contributed by atoms with Gasteiger partial charge in [-0.3, -0.25) is 9.59 Å². The van der Waals surface area contributed by atoms with E-state index < -0.39 is 17.8 Å². The third-order valence-corrected chi connectivity index (χ3v) is 4.10. The smallest absolute Gasteiger partial charge is 0.339 e. The van der Waals surface area contributed by atoms with Gasteiger partial charge in [-0.25, -0.2) is 9.69 Å². The van der Waals surface area contributed by atoms with Crippen LogP contribution in [-0.4, -0.2) is 24.9 Å². The van der Waals surface area contributed by atoms with Crippen molar-refractivity contribution in [3.63, 3.8) is 0 Å².